The van der Waals surface area contributed by atoms with Crippen molar-refractivity contribution in [2.45, 2.75) is 348 Å². The SMILES string of the molecule is CCCCCCC/C=C\C/C=C\CCCCCCCCCCCCCCCC(=O)OCC(COC(=O)CCCCCCCC)OC(=O)CCCCCCCCCCCCCCCCCCCCCC. The highest BCUT2D eigenvalue weighted by Gasteiger charge is 2.19. The molecular formula is C63H118O6. The van der Waals surface area contributed by atoms with E-state index in [0.717, 1.165) is 64.2 Å². The first-order valence-corrected chi connectivity index (χ1v) is 30.8. The van der Waals surface area contributed by atoms with E-state index in [1.807, 2.05) is 0 Å². The van der Waals surface area contributed by atoms with Crippen LogP contribution in [0, 0.1) is 0 Å². The number of ether oxygens (including phenoxy) is 3. The fraction of sp³-hybridized carbons (Fsp3) is 0.889. The molecule has 0 aromatic carbocycles. The van der Waals surface area contributed by atoms with Crippen molar-refractivity contribution < 1.29 is 28.6 Å². The maximum absolute atomic E-state index is 12.8. The third kappa shape index (κ3) is 56.7. The van der Waals surface area contributed by atoms with Gasteiger partial charge >= 0.3 is 17.9 Å². The molecule has 0 radical (unpaired) electrons. The summed E-state index contributed by atoms with van der Waals surface area (Å²) in [7, 11) is 0. The molecule has 0 saturated heterocycles. The van der Waals surface area contributed by atoms with E-state index in [-0.39, 0.29) is 31.1 Å². The number of esters is 3. The number of unbranched alkanes of at least 4 members (excludes halogenated alkanes) is 42. The summed E-state index contributed by atoms with van der Waals surface area (Å²) in [5.74, 6) is -0.854. The molecule has 0 aromatic heterocycles. The lowest BCUT2D eigenvalue weighted by Gasteiger charge is -2.18. The second-order valence-electron chi connectivity index (χ2n) is 21.0. The number of hydrogen-bond donors (Lipinski definition) is 0. The molecule has 69 heavy (non-hydrogen) atoms. The maximum atomic E-state index is 12.8. The monoisotopic (exact) mass is 971 g/mol. The van der Waals surface area contributed by atoms with Gasteiger partial charge in [0.15, 0.2) is 6.10 Å². The van der Waals surface area contributed by atoms with Gasteiger partial charge in [-0.1, -0.05) is 295 Å². The van der Waals surface area contributed by atoms with Crippen LogP contribution in [0.15, 0.2) is 24.3 Å². The van der Waals surface area contributed by atoms with Gasteiger partial charge in [0.25, 0.3) is 0 Å². The Morgan fingerprint density at radius 2 is 0.522 bits per heavy atom. The minimum absolute atomic E-state index is 0.0666. The third-order valence-corrected chi connectivity index (χ3v) is 14.0. The molecule has 0 rings (SSSR count). The predicted octanol–water partition coefficient (Wildman–Crippen LogP) is 20.7. The van der Waals surface area contributed by atoms with Crippen molar-refractivity contribution in [1.82, 2.24) is 0 Å². The van der Waals surface area contributed by atoms with Gasteiger partial charge in [-0.2, -0.15) is 0 Å². The van der Waals surface area contributed by atoms with Crippen LogP contribution in [0.1, 0.15) is 342 Å². The molecule has 0 saturated carbocycles. The molecule has 0 N–H and O–H groups in total. The molecule has 0 aliphatic carbocycles. The van der Waals surface area contributed by atoms with Crippen LogP contribution in [0.25, 0.3) is 0 Å². The van der Waals surface area contributed by atoms with Gasteiger partial charge in [-0.15, -0.1) is 0 Å². The molecule has 406 valence electrons. The van der Waals surface area contributed by atoms with Gasteiger partial charge in [0.1, 0.15) is 13.2 Å². The first kappa shape index (κ1) is 66.9. The van der Waals surface area contributed by atoms with Gasteiger partial charge in [0.2, 0.25) is 0 Å². The molecule has 0 aliphatic rings. The average molecular weight is 972 g/mol. The average Bonchev–Trinajstić information content (AvgIpc) is 3.35. The van der Waals surface area contributed by atoms with E-state index in [9.17, 15) is 14.4 Å². The quantitative estimate of drug-likeness (QED) is 0.0261. The summed E-state index contributed by atoms with van der Waals surface area (Å²) in [6, 6.07) is 0. The Labute approximate surface area is 430 Å². The van der Waals surface area contributed by atoms with Crippen LogP contribution in [0.2, 0.25) is 0 Å². The van der Waals surface area contributed by atoms with Crippen molar-refractivity contribution in [2.75, 3.05) is 13.2 Å². The maximum Gasteiger partial charge on any atom is 0.306 e. The van der Waals surface area contributed by atoms with E-state index in [1.54, 1.807) is 0 Å². The van der Waals surface area contributed by atoms with Crippen LogP contribution in [0.3, 0.4) is 0 Å². The Bertz CT molecular complexity index is 1110. The van der Waals surface area contributed by atoms with Gasteiger partial charge in [-0.25, -0.2) is 0 Å². The van der Waals surface area contributed by atoms with Crippen LogP contribution >= 0.6 is 0 Å². The summed E-state index contributed by atoms with van der Waals surface area (Å²) in [6.07, 6.45) is 69.3. The molecule has 1 unspecified atom stereocenters. The lowest BCUT2D eigenvalue weighted by molar-refractivity contribution is -0.167. The first-order valence-electron chi connectivity index (χ1n) is 30.8. The summed E-state index contributed by atoms with van der Waals surface area (Å²) in [4.78, 5) is 37.9. The van der Waals surface area contributed by atoms with Crippen LogP contribution in [-0.2, 0) is 28.6 Å². The van der Waals surface area contributed by atoms with Gasteiger partial charge in [0, 0.05) is 19.3 Å². The first-order chi connectivity index (χ1) is 34.0. The van der Waals surface area contributed by atoms with E-state index in [2.05, 4.69) is 45.1 Å². The van der Waals surface area contributed by atoms with Crippen molar-refractivity contribution >= 4 is 17.9 Å². The summed E-state index contributed by atoms with van der Waals surface area (Å²) < 4.78 is 16.8. The normalized spacial score (nSPS) is 12.1. The van der Waals surface area contributed by atoms with Crippen molar-refractivity contribution in [3.8, 4) is 0 Å². The van der Waals surface area contributed by atoms with Gasteiger partial charge in [0.05, 0.1) is 0 Å². The van der Waals surface area contributed by atoms with Crippen molar-refractivity contribution in [3.05, 3.63) is 24.3 Å². The lowest BCUT2D eigenvalue weighted by atomic mass is 10.0. The molecule has 0 aromatic rings. The van der Waals surface area contributed by atoms with E-state index < -0.39 is 6.10 Å². The van der Waals surface area contributed by atoms with E-state index >= 15 is 0 Å². The standard InChI is InChI=1S/C63H118O6/c1-4-7-10-13-16-18-20-22-24-26-28-30-31-32-33-34-36-37-39-41-43-45-47-50-53-56-62(65)68-59-60(58-67-61(64)55-52-49-15-12-9-6-3)69-63(66)57-54-51-48-46-44-42-40-38-35-29-27-25-23-21-19-17-14-11-8-5-2/h20,22,26,28,60H,4-19,21,23-25,27,29-59H2,1-3H3/b22-20-,28-26-. The van der Waals surface area contributed by atoms with Gasteiger partial charge in [-0.05, 0) is 51.4 Å². The molecule has 0 heterocycles. The summed E-state index contributed by atoms with van der Waals surface area (Å²) in [5, 5.41) is 0. The minimum atomic E-state index is -0.764. The number of carbonyl (C=O) groups excluding carboxylic acids is 3. The summed E-state index contributed by atoms with van der Waals surface area (Å²) in [6.45, 7) is 6.63. The Morgan fingerprint density at radius 1 is 0.290 bits per heavy atom. The highest BCUT2D eigenvalue weighted by atomic mass is 16.6. The predicted molar refractivity (Wildman–Crippen MR) is 298 cm³/mol. The van der Waals surface area contributed by atoms with Crippen molar-refractivity contribution in [2.24, 2.45) is 0 Å². The molecule has 0 amide bonds. The highest BCUT2D eigenvalue weighted by molar-refractivity contribution is 5.71. The third-order valence-electron chi connectivity index (χ3n) is 14.0. The molecule has 0 aliphatic heterocycles. The highest BCUT2D eigenvalue weighted by Crippen LogP contribution is 2.18. The van der Waals surface area contributed by atoms with E-state index in [0.29, 0.717) is 19.3 Å². The van der Waals surface area contributed by atoms with E-state index in [4.69, 9.17) is 14.2 Å². The minimum Gasteiger partial charge on any atom is -0.462 e. The van der Waals surface area contributed by atoms with E-state index in [1.165, 1.54) is 238 Å². The number of hydrogen-bond acceptors (Lipinski definition) is 6. The van der Waals surface area contributed by atoms with Crippen LogP contribution < -0.4 is 0 Å². The number of carbonyl (C=O) groups is 3. The Morgan fingerprint density at radius 3 is 0.797 bits per heavy atom. The number of allylic oxidation sites excluding steroid dienone is 4. The van der Waals surface area contributed by atoms with Crippen LogP contribution in [0.5, 0.6) is 0 Å². The smallest absolute Gasteiger partial charge is 0.306 e. The fourth-order valence-corrected chi connectivity index (χ4v) is 9.30. The summed E-state index contributed by atoms with van der Waals surface area (Å²) in [5.41, 5.74) is 0. The zero-order valence-corrected chi connectivity index (χ0v) is 46.6. The van der Waals surface area contributed by atoms with Gasteiger partial charge < -0.3 is 14.2 Å². The van der Waals surface area contributed by atoms with Crippen molar-refractivity contribution in [1.29, 1.82) is 0 Å². The topological polar surface area (TPSA) is 78.9 Å². The second kappa shape index (κ2) is 58.5. The lowest BCUT2D eigenvalue weighted by Crippen LogP contribution is -2.30. The molecule has 6 heteroatoms. The Kier molecular flexibility index (Phi) is 56.7. The summed E-state index contributed by atoms with van der Waals surface area (Å²) >= 11 is 0. The second-order valence-corrected chi connectivity index (χ2v) is 21.0. The molecule has 1 atom stereocenters. The number of rotatable bonds is 57. The zero-order valence-electron chi connectivity index (χ0n) is 46.6. The largest absolute Gasteiger partial charge is 0.462 e. The van der Waals surface area contributed by atoms with Gasteiger partial charge in [-0.3, -0.25) is 14.4 Å². The fourth-order valence-electron chi connectivity index (χ4n) is 9.30. The molecule has 0 bridgehead atoms. The molecule has 0 fully saturated rings. The Balaban J connectivity index is 4.05. The Hall–Kier alpha value is -2.11. The molecular weight excluding hydrogens is 853 g/mol. The zero-order chi connectivity index (χ0) is 50.0. The van der Waals surface area contributed by atoms with Crippen LogP contribution in [0.4, 0.5) is 0 Å². The molecule has 0 spiro atoms. The van der Waals surface area contributed by atoms with Crippen molar-refractivity contribution in [3.63, 3.8) is 0 Å². The van der Waals surface area contributed by atoms with Crippen LogP contribution in [-0.4, -0.2) is 37.2 Å². The molecule has 6 nitrogen and oxygen atoms in total.